The lowest BCUT2D eigenvalue weighted by Crippen LogP contribution is -1.95. The van der Waals surface area contributed by atoms with Crippen LogP contribution in [0, 0.1) is 0 Å². The minimum absolute atomic E-state index is 0.0524. The molecule has 0 saturated carbocycles. The van der Waals surface area contributed by atoms with Crippen LogP contribution < -0.4 is 0 Å². The highest BCUT2D eigenvalue weighted by molar-refractivity contribution is 9.10. The number of rotatable bonds is 2. The maximum atomic E-state index is 10.8. The van der Waals surface area contributed by atoms with Gasteiger partial charge >= 0.3 is 5.97 Å². The zero-order valence-electron chi connectivity index (χ0n) is 8.94. The molecular formula is C11H7BrN4O2. The van der Waals surface area contributed by atoms with Crippen molar-refractivity contribution >= 4 is 32.8 Å². The van der Waals surface area contributed by atoms with Gasteiger partial charge in [-0.25, -0.2) is 4.79 Å². The Labute approximate surface area is 109 Å². The third-order valence-electron chi connectivity index (χ3n) is 2.62. The predicted molar refractivity (Wildman–Crippen MR) is 68.3 cm³/mol. The Bertz CT molecular complexity index is 746. The molecule has 7 heteroatoms. The lowest BCUT2D eigenvalue weighted by Gasteiger charge is -1.96. The quantitative estimate of drug-likeness (QED) is 0.677. The third kappa shape index (κ3) is 1.60. The van der Waals surface area contributed by atoms with Gasteiger partial charge in [0.25, 0.3) is 0 Å². The minimum Gasteiger partial charge on any atom is -0.477 e. The number of H-pyrrole nitrogens is 2. The number of nitrogens with one attached hydrogen (secondary N) is 2. The number of fused-ring (bicyclic) bond motifs is 1. The first-order chi connectivity index (χ1) is 8.66. The second-order valence-corrected chi connectivity index (χ2v) is 4.50. The van der Waals surface area contributed by atoms with Crippen LogP contribution >= 0.6 is 15.9 Å². The first kappa shape index (κ1) is 11.0. The molecule has 0 fully saturated rings. The topological polar surface area (TPSA) is 94.7 Å². The molecule has 0 bridgehead atoms. The second kappa shape index (κ2) is 3.95. The first-order valence-electron chi connectivity index (χ1n) is 5.08. The molecule has 0 saturated heterocycles. The largest absolute Gasteiger partial charge is 0.477 e. The van der Waals surface area contributed by atoms with Crippen molar-refractivity contribution < 1.29 is 9.90 Å². The van der Waals surface area contributed by atoms with Crippen LogP contribution in [0.25, 0.3) is 22.2 Å². The van der Waals surface area contributed by atoms with Crippen LogP contribution in [0.2, 0.25) is 0 Å². The number of carboxylic acids is 1. The number of aromatic carboxylic acids is 1. The zero-order valence-corrected chi connectivity index (χ0v) is 10.5. The van der Waals surface area contributed by atoms with Gasteiger partial charge in [0.05, 0.1) is 5.69 Å². The molecule has 0 spiro atoms. The number of carbonyl (C=O) groups is 1. The average molecular weight is 307 g/mol. The van der Waals surface area contributed by atoms with E-state index in [9.17, 15) is 4.79 Å². The van der Waals surface area contributed by atoms with Crippen LogP contribution in [0.5, 0.6) is 0 Å². The number of para-hydroxylation sites is 1. The SMILES string of the molecule is O=C(O)c1cc(-c2cccc3c(Br)[nH]nc23)n[nH]1. The highest BCUT2D eigenvalue weighted by Gasteiger charge is 2.13. The van der Waals surface area contributed by atoms with E-state index >= 15 is 0 Å². The standard InChI is InChI=1S/C11H7BrN4O2/c12-10-6-3-1-2-5(9(6)15-16-10)7-4-8(11(17)18)14-13-7/h1-4H,(H,13,14)(H,15,16)(H,17,18). The molecule has 0 atom stereocenters. The molecule has 18 heavy (non-hydrogen) atoms. The van der Waals surface area contributed by atoms with Gasteiger partial charge in [0.15, 0.2) is 0 Å². The lowest BCUT2D eigenvalue weighted by molar-refractivity contribution is 0.0690. The Morgan fingerprint density at radius 1 is 1.28 bits per heavy atom. The van der Waals surface area contributed by atoms with Crippen LogP contribution in [0.1, 0.15) is 10.5 Å². The number of carboxylic acid groups (broad SMARTS) is 1. The summed E-state index contributed by atoms with van der Waals surface area (Å²) in [5.41, 5.74) is 2.12. The summed E-state index contributed by atoms with van der Waals surface area (Å²) in [6.45, 7) is 0. The molecule has 3 N–H and O–H groups in total. The van der Waals surface area contributed by atoms with E-state index in [1.165, 1.54) is 6.07 Å². The lowest BCUT2D eigenvalue weighted by atomic mass is 10.1. The number of halogens is 1. The molecule has 0 aliphatic heterocycles. The van der Waals surface area contributed by atoms with Gasteiger partial charge in [-0.3, -0.25) is 10.2 Å². The van der Waals surface area contributed by atoms with E-state index in [1.807, 2.05) is 18.2 Å². The highest BCUT2D eigenvalue weighted by atomic mass is 79.9. The van der Waals surface area contributed by atoms with Crippen LogP contribution in [-0.4, -0.2) is 31.5 Å². The number of aromatic amines is 2. The summed E-state index contributed by atoms with van der Waals surface area (Å²) < 4.78 is 0.786. The number of benzene rings is 1. The van der Waals surface area contributed by atoms with E-state index in [2.05, 4.69) is 36.3 Å². The Balaban J connectivity index is 2.21. The van der Waals surface area contributed by atoms with Gasteiger partial charge < -0.3 is 5.11 Å². The van der Waals surface area contributed by atoms with E-state index < -0.39 is 5.97 Å². The maximum absolute atomic E-state index is 10.8. The van der Waals surface area contributed by atoms with Crippen molar-refractivity contribution in [3.8, 4) is 11.3 Å². The molecule has 0 amide bonds. The van der Waals surface area contributed by atoms with Crippen LogP contribution in [0.15, 0.2) is 28.9 Å². The molecular weight excluding hydrogens is 300 g/mol. The molecule has 3 rings (SSSR count). The summed E-state index contributed by atoms with van der Waals surface area (Å²) in [6.07, 6.45) is 0. The Kier molecular flexibility index (Phi) is 2.41. The molecule has 3 aromatic rings. The van der Waals surface area contributed by atoms with Gasteiger partial charge in [0.1, 0.15) is 15.8 Å². The summed E-state index contributed by atoms with van der Waals surface area (Å²) in [6, 6.07) is 7.11. The summed E-state index contributed by atoms with van der Waals surface area (Å²) in [4.78, 5) is 10.8. The first-order valence-corrected chi connectivity index (χ1v) is 5.88. The molecule has 0 aliphatic carbocycles. The van der Waals surface area contributed by atoms with Gasteiger partial charge in [-0.2, -0.15) is 10.2 Å². The second-order valence-electron chi connectivity index (χ2n) is 3.71. The number of hydrogen-bond donors (Lipinski definition) is 3. The Morgan fingerprint density at radius 2 is 2.11 bits per heavy atom. The Morgan fingerprint density at radius 3 is 2.83 bits per heavy atom. The summed E-state index contributed by atoms with van der Waals surface area (Å²) in [5.74, 6) is -1.04. The smallest absolute Gasteiger partial charge is 0.353 e. The predicted octanol–water partition coefficient (Wildman–Crippen LogP) is 2.41. The molecule has 0 unspecified atom stereocenters. The highest BCUT2D eigenvalue weighted by Crippen LogP contribution is 2.29. The van der Waals surface area contributed by atoms with Crippen molar-refractivity contribution in [2.75, 3.05) is 0 Å². The number of nitrogens with zero attached hydrogens (tertiary/aromatic N) is 2. The van der Waals surface area contributed by atoms with Crippen LogP contribution in [0.3, 0.4) is 0 Å². The van der Waals surface area contributed by atoms with Gasteiger partial charge in [0, 0.05) is 10.9 Å². The van der Waals surface area contributed by atoms with Crippen LogP contribution in [0.4, 0.5) is 0 Å². The molecule has 1 aromatic carbocycles. The molecule has 6 nitrogen and oxygen atoms in total. The average Bonchev–Trinajstić information content (AvgIpc) is 2.97. The molecule has 0 radical (unpaired) electrons. The van der Waals surface area contributed by atoms with E-state index in [0.29, 0.717) is 5.69 Å². The third-order valence-corrected chi connectivity index (χ3v) is 3.23. The zero-order chi connectivity index (χ0) is 12.7. The fourth-order valence-electron chi connectivity index (χ4n) is 1.78. The summed E-state index contributed by atoms with van der Waals surface area (Å²) >= 11 is 3.36. The van der Waals surface area contributed by atoms with Crippen molar-refractivity contribution in [3.05, 3.63) is 34.6 Å². The molecule has 90 valence electrons. The van der Waals surface area contributed by atoms with E-state index in [0.717, 1.165) is 21.1 Å². The molecule has 2 heterocycles. The fraction of sp³-hybridized carbons (Fsp3) is 0. The normalized spacial score (nSPS) is 10.9. The van der Waals surface area contributed by atoms with Gasteiger partial charge in [-0.05, 0) is 28.1 Å². The van der Waals surface area contributed by atoms with Crippen molar-refractivity contribution in [2.45, 2.75) is 0 Å². The van der Waals surface area contributed by atoms with Gasteiger partial charge in [-0.15, -0.1) is 0 Å². The fourth-order valence-corrected chi connectivity index (χ4v) is 2.19. The van der Waals surface area contributed by atoms with E-state index in [4.69, 9.17) is 5.11 Å². The summed E-state index contributed by atoms with van der Waals surface area (Å²) in [5, 5.41) is 23.3. The molecule has 2 aromatic heterocycles. The Hall–Kier alpha value is -2.15. The number of hydrogen-bond acceptors (Lipinski definition) is 3. The monoisotopic (exact) mass is 306 g/mol. The van der Waals surface area contributed by atoms with Crippen molar-refractivity contribution in [3.63, 3.8) is 0 Å². The summed E-state index contributed by atoms with van der Waals surface area (Å²) in [7, 11) is 0. The van der Waals surface area contributed by atoms with Gasteiger partial charge in [0.2, 0.25) is 0 Å². The van der Waals surface area contributed by atoms with E-state index in [1.54, 1.807) is 0 Å². The van der Waals surface area contributed by atoms with E-state index in [-0.39, 0.29) is 5.69 Å². The molecule has 0 aliphatic rings. The number of aromatic nitrogens is 4. The van der Waals surface area contributed by atoms with Crippen molar-refractivity contribution in [2.24, 2.45) is 0 Å². The van der Waals surface area contributed by atoms with Crippen molar-refractivity contribution in [1.29, 1.82) is 0 Å². The van der Waals surface area contributed by atoms with Gasteiger partial charge in [-0.1, -0.05) is 12.1 Å². The minimum atomic E-state index is -1.04. The van der Waals surface area contributed by atoms with Crippen molar-refractivity contribution in [1.82, 2.24) is 20.4 Å². The maximum Gasteiger partial charge on any atom is 0.353 e. The van der Waals surface area contributed by atoms with Crippen LogP contribution in [-0.2, 0) is 0 Å².